The average molecular weight is 289 g/mol. The number of rotatable bonds is 8. The molecular weight excluding hydrogens is 270 g/mol. The lowest BCUT2D eigenvalue weighted by Gasteiger charge is -2.17. The Hall–Kier alpha value is -2.32. The molecule has 0 aliphatic rings. The van der Waals surface area contributed by atoms with Gasteiger partial charge in [-0.05, 0) is 6.42 Å². The van der Waals surface area contributed by atoms with E-state index >= 15 is 0 Å². The van der Waals surface area contributed by atoms with Crippen LogP contribution in [0.3, 0.4) is 0 Å². The van der Waals surface area contributed by atoms with Crippen molar-refractivity contribution in [2.24, 2.45) is 0 Å². The number of carbonyl (C=O) groups excluding carboxylic acids is 3. The molecule has 20 heavy (non-hydrogen) atoms. The van der Waals surface area contributed by atoms with Crippen molar-refractivity contribution in [1.82, 2.24) is 15.5 Å². The number of hydrogen-bond acceptors (Lipinski definition) is 5. The van der Waals surface area contributed by atoms with Gasteiger partial charge in [-0.25, -0.2) is 4.79 Å². The van der Waals surface area contributed by atoms with Crippen LogP contribution in [-0.4, -0.2) is 67.7 Å². The van der Waals surface area contributed by atoms with Crippen molar-refractivity contribution in [3.63, 3.8) is 0 Å². The Kier molecular flexibility index (Phi) is 8.48. The Labute approximate surface area is 116 Å². The number of nitrogens with one attached hydrogen (secondary N) is 2. The molecule has 0 bridgehead atoms. The van der Waals surface area contributed by atoms with Crippen LogP contribution in [0.4, 0.5) is 4.79 Å². The molecule has 0 spiro atoms. The molecular formula is C11H19N3O6. The molecule has 0 rings (SSSR count). The fraction of sp³-hybridized carbons (Fsp3) is 0.636. The lowest BCUT2D eigenvalue weighted by molar-refractivity contribution is -0.140. The smallest absolute Gasteiger partial charge is 0.322 e. The molecule has 0 aromatic rings. The maximum Gasteiger partial charge on any atom is 0.322 e. The fourth-order valence-electron chi connectivity index (χ4n) is 1.19. The van der Waals surface area contributed by atoms with E-state index in [1.54, 1.807) is 0 Å². The predicted octanol–water partition coefficient (Wildman–Crippen LogP) is -1.22. The number of esters is 1. The van der Waals surface area contributed by atoms with Crippen molar-refractivity contribution in [1.29, 1.82) is 0 Å². The van der Waals surface area contributed by atoms with Gasteiger partial charge >= 0.3 is 18.0 Å². The zero-order chi connectivity index (χ0) is 15.5. The van der Waals surface area contributed by atoms with Gasteiger partial charge in [0.2, 0.25) is 5.91 Å². The van der Waals surface area contributed by atoms with Crippen LogP contribution in [0.5, 0.6) is 0 Å². The summed E-state index contributed by atoms with van der Waals surface area (Å²) < 4.78 is 4.46. The molecule has 114 valence electrons. The van der Waals surface area contributed by atoms with Gasteiger partial charge in [-0.15, -0.1) is 0 Å². The SMILES string of the molecule is COC(=O)CCCN(C)C(=O)NCC(=O)NCC(=O)O. The van der Waals surface area contributed by atoms with Crippen molar-refractivity contribution in [2.45, 2.75) is 12.8 Å². The fourth-order valence-corrected chi connectivity index (χ4v) is 1.19. The topological polar surface area (TPSA) is 125 Å². The Balaban J connectivity index is 3.82. The molecule has 0 saturated carbocycles. The summed E-state index contributed by atoms with van der Waals surface area (Å²) in [5, 5.41) is 12.8. The van der Waals surface area contributed by atoms with Gasteiger partial charge < -0.3 is 25.4 Å². The van der Waals surface area contributed by atoms with Gasteiger partial charge in [-0.2, -0.15) is 0 Å². The molecule has 0 aromatic heterocycles. The number of aliphatic carboxylic acids is 1. The number of amides is 3. The lowest BCUT2D eigenvalue weighted by atomic mass is 10.3. The number of carboxylic acids is 1. The third kappa shape index (κ3) is 8.72. The largest absolute Gasteiger partial charge is 0.480 e. The summed E-state index contributed by atoms with van der Waals surface area (Å²) in [7, 11) is 2.80. The second-order valence-corrected chi connectivity index (χ2v) is 3.93. The van der Waals surface area contributed by atoms with Crippen LogP contribution < -0.4 is 10.6 Å². The minimum Gasteiger partial charge on any atom is -0.480 e. The number of hydrogen-bond donors (Lipinski definition) is 3. The first-order chi connectivity index (χ1) is 9.36. The van der Waals surface area contributed by atoms with Crippen LogP contribution in [0, 0.1) is 0 Å². The number of ether oxygens (including phenoxy) is 1. The van der Waals surface area contributed by atoms with E-state index in [0.717, 1.165) is 0 Å². The number of carbonyl (C=O) groups is 4. The summed E-state index contributed by atoms with van der Waals surface area (Å²) in [4.78, 5) is 45.1. The molecule has 0 unspecified atom stereocenters. The quantitative estimate of drug-likeness (QED) is 0.481. The third-order valence-corrected chi connectivity index (χ3v) is 2.29. The van der Waals surface area contributed by atoms with E-state index < -0.39 is 24.5 Å². The average Bonchev–Trinajstić information content (AvgIpc) is 2.41. The zero-order valence-electron chi connectivity index (χ0n) is 11.5. The highest BCUT2D eigenvalue weighted by atomic mass is 16.5. The number of methoxy groups -OCH3 is 1. The maximum atomic E-state index is 11.5. The van der Waals surface area contributed by atoms with Gasteiger partial charge in [0.1, 0.15) is 6.54 Å². The molecule has 3 amide bonds. The molecule has 0 heterocycles. The molecule has 0 atom stereocenters. The van der Waals surface area contributed by atoms with Crippen LogP contribution in [0.25, 0.3) is 0 Å². The van der Waals surface area contributed by atoms with Gasteiger partial charge in [0, 0.05) is 20.0 Å². The van der Waals surface area contributed by atoms with Crippen molar-refractivity contribution < 1.29 is 29.0 Å². The van der Waals surface area contributed by atoms with Crippen LogP contribution in [0.1, 0.15) is 12.8 Å². The molecule has 0 aliphatic carbocycles. The minimum atomic E-state index is -1.16. The van der Waals surface area contributed by atoms with E-state index in [4.69, 9.17) is 5.11 Å². The van der Waals surface area contributed by atoms with Crippen molar-refractivity contribution in [2.75, 3.05) is 33.8 Å². The molecule has 0 fully saturated rings. The van der Waals surface area contributed by atoms with Crippen LogP contribution in [0.2, 0.25) is 0 Å². The molecule has 3 N–H and O–H groups in total. The van der Waals surface area contributed by atoms with E-state index in [9.17, 15) is 19.2 Å². The molecule has 0 aliphatic heterocycles. The van der Waals surface area contributed by atoms with Crippen LogP contribution in [0.15, 0.2) is 0 Å². The van der Waals surface area contributed by atoms with E-state index in [1.807, 2.05) is 0 Å². The molecule has 0 radical (unpaired) electrons. The number of carboxylic acid groups (broad SMARTS) is 1. The molecule has 9 heteroatoms. The summed E-state index contributed by atoms with van der Waals surface area (Å²) in [6.07, 6.45) is 0.648. The van der Waals surface area contributed by atoms with Gasteiger partial charge in [0.25, 0.3) is 0 Å². The Morgan fingerprint density at radius 3 is 2.35 bits per heavy atom. The Bertz CT molecular complexity index is 371. The Morgan fingerprint density at radius 1 is 1.15 bits per heavy atom. The summed E-state index contributed by atoms with van der Waals surface area (Å²) in [6, 6.07) is -0.486. The van der Waals surface area contributed by atoms with Gasteiger partial charge in [-0.3, -0.25) is 14.4 Å². The lowest BCUT2D eigenvalue weighted by Crippen LogP contribution is -2.44. The van der Waals surface area contributed by atoms with Gasteiger partial charge in [0.15, 0.2) is 0 Å². The first-order valence-corrected chi connectivity index (χ1v) is 5.91. The maximum absolute atomic E-state index is 11.5. The normalized spacial score (nSPS) is 9.50. The Morgan fingerprint density at radius 2 is 1.80 bits per heavy atom. The van der Waals surface area contributed by atoms with E-state index in [2.05, 4.69) is 15.4 Å². The highest BCUT2D eigenvalue weighted by Crippen LogP contribution is 1.95. The highest BCUT2D eigenvalue weighted by Gasteiger charge is 2.11. The van der Waals surface area contributed by atoms with Gasteiger partial charge in [-0.1, -0.05) is 0 Å². The van der Waals surface area contributed by atoms with E-state index in [-0.39, 0.29) is 18.9 Å². The molecule has 9 nitrogen and oxygen atoms in total. The van der Waals surface area contributed by atoms with E-state index in [0.29, 0.717) is 13.0 Å². The summed E-state index contributed by atoms with van der Waals surface area (Å²) in [5.41, 5.74) is 0. The minimum absolute atomic E-state index is 0.202. The first-order valence-electron chi connectivity index (χ1n) is 5.91. The van der Waals surface area contributed by atoms with Gasteiger partial charge in [0.05, 0.1) is 13.7 Å². The summed E-state index contributed by atoms with van der Waals surface area (Å²) in [6.45, 7) is -0.477. The second kappa shape index (κ2) is 9.59. The first kappa shape index (κ1) is 17.7. The third-order valence-electron chi connectivity index (χ3n) is 2.29. The molecule has 0 saturated heterocycles. The number of urea groups is 1. The highest BCUT2D eigenvalue weighted by molar-refractivity contribution is 5.86. The predicted molar refractivity (Wildman–Crippen MR) is 67.9 cm³/mol. The second-order valence-electron chi connectivity index (χ2n) is 3.93. The number of nitrogens with zero attached hydrogens (tertiary/aromatic N) is 1. The zero-order valence-corrected chi connectivity index (χ0v) is 11.5. The molecule has 0 aromatic carbocycles. The van der Waals surface area contributed by atoms with E-state index in [1.165, 1.54) is 19.1 Å². The summed E-state index contributed by atoms with van der Waals surface area (Å²) in [5.74, 6) is -2.11. The monoisotopic (exact) mass is 289 g/mol. The van der Waals surface area contributed by atoms with Crippen molar-refractivity contribution >= 4 is 23.9 Å². The van der Waals surface area contributed by atoms with Crippen molar-refractivity contribution in [3.05, 3.63) is 0 Å². The standard InChI is InChI=1S/C11H19N3O6/c1-14(5-3-4-10(18)20-2)11(19)13-6-8(15)12-7-9(16)17/h3-7H2,1-2H3,(H,12,15)(H,13,19)(H,16,17). The summed E-state index contributed by atoms with van der Waals surface area (Å²) >= 11 is 0. The van der Waals surface area contributed by atoms with Crippen LogP contribution >= 0.6 is 0 Å². The van der Waals surface area contributed by atoms with Crippen LogP contribution in [-0.2, 0) is 19.1 Å². The van der Waals surface area contributed by atoms with Crippen molar-refractivity contribution in [3.8, 4) is 0 Å².